The van der Waals surface area contributed by atoms with Crippen LogP contribution in [0.4, 0.5) is 5.13 Å². The summed E-state index contributed by atoms with van der Waals surface area (Å²) in [7, 11) is 5.64. The lowest BCUT2D eigenvalue weighted by molar-refractivity contribution is 0.0985. The van der Waals surface area contributed by atoms with E-state index >= 15 is 0 Å². The fraction of sp³-hybridized carbons (Fsp3) is 0.391. The number of aromatic nitrogens is 1. The third kappa shape index (κ3) is 4.77. The van der Waals surface area contributed by atoms with E-state index in [0.29, 0.717) is 17.2 Å². The first-order valence-corrected chi connectivity index (χ1v) is 10.5. The molecular weight excluding hydrogens is 382 g/mol. The maximum absolute atomic E-state index is 13.4. The van der Waals surface area contributed by atoms with E-state index in [1.165, 1.54) is 16.9 Å². The van der Waals surface area contributed by atoms with Crippen molar-refractivity contribution in [1.29, 1.82) is 0 Å². The number of amides is 1. The number of carbonyl (C=O) groups is 1. The number of anilines is 1. The molecule has 0 aliphatic rings. The molecule has 0 saturated heterocycles. The molecule has 0 saturated carbocycles. The van der Waals surface area contributed by atoms with E-state index < -0.39 is 0 Å². The van der Waals surface area contributed by atoms with Crippen LogP contribution in [0.5, 0.6) is 5.75 Å². The summed E-state index contributed by atoms with van der Waals surface area (Å²) in [5.74, 6) is 0.685. The second-order valence-corrected chi connectivity index (χ2v) is 9.40. The Balaban J connectivity index is 1.97. The molecule has 154 valence electrons. The minimum Gasteiger partial charge on any atom is -0.494 e. The van der Waals surface area contributed by atoms with Gasteiger partial charge in [-0.1, -0.05) is 50.3 Å². The van der Waals surface area contributed by atoms with Gasteiger partial charge in [0, 0.05) is 18.7 Å². The molecule has 0 spiro atoms. The van der Waals surface area contributed by atoms with Crippen LogP contribution in [0.2, 0.25) is 0 Å². The van der Waals surface area contributed by atoms with Crippen LogP contribution in [0.15, 0.2) is 42.5 Å². The standard InChI is InChI=1S/C23H29N3O2S/c1-23(2,3)17-12-10-16(11-13-17)21(27)26(15-14-25(4)5)22-24-20-18(28-6)8-7-9-19(20)29-22/h7-13H,14-15H2,1-6H3. The number of rotatable bonds is 6. The molecule has 0 aliphatic carbocycles. The number of thiazole rings is 1. The summed E-state index contributed by atoms with van der Waals surface area (Å²) in [6.07, 6.45) is 0. The predicted molar refractivity (Wildman–Crippen MR) is 122 cm³/mol. The van der Waals surface area contributed by atoms with Crippen molar-refractivity contribution < 1.29 is 9.53 Å². The Morgan fingerprint density at radius 3 is 2.34 bits per heavy atom. The number of hydrogen-bond donors (Lipinski definition) is 0. The summed E-state index contributed by atoms with van der Waals surface area (Å²) in [6, 6.07) is 13.8. The monoisotopic (exact) mass is 411 g/mol. The highest BCUT2D eigenvalue weighted by molar-refractivity contribution is 7.22. The van der Waals surface area contributed by atoms with Crippen molar-refractivity contribution in [1.82, 2.24) is 9.88 Å². The maximum atomic E-state index is 13.4. The van der Waals surface area contributed by atoms with Crippen LogP contribution in [0.25, 0.3) is 10.2 Å². The number of fused-ring (bicyclic) bond motifs is 1. The molecule has 6 heteroatoms. The Morgan fingerprint density at radius 1 is 1.07 bits per heavy atom. The van der Waals surface area contributed by atoms with Gasteiger partial charge in [-0.05, 0) is 49.3 Å². The van der Waals surface area contributed by atoms with Gasteiger partial charge in [-0.3, -0.25) is 9.69 Å². The van der Waals surface area contributed by atoms with Crippen LogP contribution in [0.3, 0.4) is 0 Å². The summed E-state index contributed by atoms with van der Waals surface area (Å²) in [6.45, 7) is 7.82. The van der Waals surface area contributed by atoms with Gasteiger partial charge in [-0.2, -0.15) is 0 Å². The number of nitrogens with zero attached hydrogens (tertiary/aromatic N) is 3. The zero-order valence-corrected chi connectivity index (χ0v) is 18.8. The van der Waals surface area contributed by atoms with E-state index in [-0.39, 0.29) is 11.3 Å². The molecule has 1 heterocycles. The summed E-state index contributed by atoms with van der Waals surface area (Å²) >= 11 is 1.51. The van der Waals surface area contributed by atoms with Gasteiger partial charge < -0.3 is 9.64 Å². The molecule has 0 unspecified atom stereocenters. The molecule has 0 atom stereocenters. The zero-order valence-electron chi connectivity index (χ0n) is 18.0. The summed E-state index contributed by atoms with van der Waals surface area (Å²) in [4.78, 5) is 22.0. The summed E-state index contributed by atoms with van der Waals surface area (Å²) in [5, 5.41) is 0.691. The lowest BCUT2D eigenvalue weighted by Gasteiger charge is -2.23. The summed E-state index contributed by atoms with van der Waals surface area (Å²) < 4.78 is 6.45. The Bertz CT molecular complexity index is 988. The average Bonchev–Trinajstić information content (AvgIpc) is 3.11. The van der Waals surface area contributed by atoms with Crippen LogP contribution < -0.4 is 9.64 Å². The lowest BCUT2D eigenvalue weighted by atomic mass is 9.86. The smallest absolute Gasteiger partial charge is 0.260 e. The first-order valence-electron chi connectivity index (χ1n) is 9.71. The predicted octanol–water partition coefficient (Wildman–Crippen LogP) is 4.81. The van der Waals surface area contributed by atoms with E-state index in [1.807, 2.05) is 56.6 Å². The Labute approximate surface area is 176 Å². The van der Waals surface area contributed by atoms with Gasteiger partial charge in [0.2, 0.25) is 0 Å². The van der Waals surface area contributed by atoms with Crippen LogP contribution >= 0.6 is 11.3 Å². The molecule has 29 heavy (non-hydrogen) atoms. The normalized spacial score (nSPS) is 11.8. The maximum Gasteiger partial charge on any atom is 0.260 e. The van der Waals surface area contributed by atoms with E-state index in [4.69, 9.17) is 9.72 Å². The minimum absolute atomic E-state index is 0.0367. The van der Waals surface area contributed by atoms with Crippen LogP contribution in [0.1, 0.15) is 36.7 Å². The molecule has 0 fully saturated rings. The fourth-order valence-corrected chi connectivity index (χ4v) is 4.05. The molecule has 1 aromatic heterocycles. The van der Waals surface area contributed by atoms with Crippen LogP contribution in [-0.4, -0.2) is 50.1 Å². The lowest BCUT2D eigenvalue weighted by Crippen LogP contribution is -2.36. The van der Waals surface area contributed by atoms with Crippen molar-refractivity contribution in [3.05, 3.63) is 53.6 Å². The van der Waals surface area contributed by atoms with Gasteiger partial charge in [0.15, 0.2) is 5.13 Å². The van der Waals surface area contributed by atoms with Gasteiger partial charge >= 0.3 is 0 Å². The Morgan fingerprint density at radius 2 is 1.76 bits per heavy atom. The first kappa shape index (κ1) is 21.3. The second kappa shape index (κ2) is 8.51. The molecule has 0 aliphatic heterocycles. The molecule has 0 N–H and O–H groups in total. The van der Waals surface area contributed by atoms with Crippen molar-refractivity contribution in [2.75, 3.05) is 39.2 Å². The highest BCUT2D eigenvalue weighted by Crippen LogP contribution is 2.34. The van der Waals surface area contributed by atoms with Gasteiger partial charge in [0.05, 0.1) is 11.8 Å². The molecular formula is C23H29N3O2S. The zero-order chi connectivity index (χ0) is 21.2. The van der Waals surface area contributed by atoms with Crippen molar-refractivity contribution in [3.63, 3.8) is 0 Å². The van der Waals surface area contributed by atoms with Crippen LogP contribution in [-0.2, 0) is 5.41 Å². The fourth-order valence-electron chi connectivity index (χ4n) is 3.04. The quantitative estimate of drug-likeness (QED) is 0.584. The van der Waals surface area contributed by atoms with Gasteiger partial charge in [-0.25, -0.2) is 4.98 Å². The van der Waals surface area contributed by atoms with Crippen molar-refractivity contribution >= 4 is 32.6 Å². The van der Waals surface area contributed by atoms with E-state index in [9.17, 15) is 4.79 Å². The van der Waals surface area contributed by atoms with Gasteiger partial charge in [-0.15, -0.1) is 0 Å². The SMILES string of the molecule is COc1cccc2sc(N(CCN(C)C)C(=O)c3ccc(C(C)(C)C)cc3)nc12. The number of para-hydroxylation sites is 1. The second-order valence-electron chi connectivity index (χ2n) is 8.39. The van der Waals surface area contributed by atoms with E-state index in [2.05, 4.69) is 25.7 Å². The number of methoxy groups -OCH3 is 1. The van der Waals surface area contributed by atoms with Crippen molar-refractivity contribution in [2.24, 2.45) is 0 Å². The highest BCUT2D eigenvalue weighted by Gasteiger charge is 2.23. The third-order valence-corrected chi connectivity index (χ3v) is 5.88. The molecule has 3 aromatic rings. The topological polar surface area (TPSA) is 45.7 Å². The Hall–Kier alpha value is -2.44. The first-order chi connectivity index (χ1) is 13.7. The van der Waals surface area contributed by atoms with Crippen molar-refractivity contribution in [3.8, 4) is 5.75 Å². The van der Waals surface area contributed by atoms with E-state index in [1.54, 1.807) is 12.0 Å². The van der Waals surface area contributed by atoms with Crippen LogP contribution in [0, 0.1) is 0 Å². The van der Waals surface area contributed by atoms with Crippen molar-refractivity contribution in [2.45, 2.75) is 26.2 Å². The number of likely N-dealkylation sites (N-methyl/N-ethyl adjacent to an activating group) is 1. The minimum atomic E-state index is -0.0367. The molecule has 5 nitrogen and oxygen atoms in total. The number of benzene rings is 2. The average molecular weight is 412 g/mol. The highest BCUT2D eigenvalue weighted by atomic mass is 32.1. The molecule has 1 amide bonds. The van der Waals surface area contributed by atoms with E-state index in [0.717, 1.165) is 22.5 Å². The molecule has 0 radical (unpaired) electrons. The molecule has 0 bridgehead atoms. The molecule has 2 aromatic carbocycles. The largest absolute Gasteiger partial charge is 0.494 e. The summed E-state index contributed by atoms with van der Waals surface area (Å²) in [5.41, 5.74) is 2.72. The number of carbonyl (C=O) groups excluding carboxylic acids is 1. The van der Waals surface area contributed by atoms with Gasteiger partial charge in [0.1, 0.15) is 11.3 Å². The molecule has 3 rings (SSSR count). The third-order valence-electron chi connectivity index (χ3n) is 4.84. The van der Waals surface area contributed by atoms with Gasteiger partial charge in [0.25, 0.3) is 5.91 Å². The number of ether oxygens (including phenoxy) is 1. The Kier molecular flexibility index (Phi) is 6.24. The number of hydrogen-bond acceptors (Lipinski definition) is 5.